The summed E-state index contributed by atoms with van der Waals surface area (Å²) in [7, 11) is 4.37. The quantitative estimate of drug-likeness (QED) is 0.609. The number of methoxy groups -OCH3 is 3. The van der Waals surface area contributed by atoms with Crippen LogP contribution in [0.1, 0.15) is 35.7 Å². The number of hydrogen-bond acceptors (Lipinski definition) is 6. The molecule has 0 unspecified atom stereocenters. The highest BCUT2D eigenvalue weighted by molar-refractivity contribution is 5.97. The van der Waals surface area contributed by atoms with Gasteiger partial charge in [0.25, 0.3) is 5.91 Å². The molecule has 0 spiro atoms. The molecule has 0 atom stereocenters. The molecule has 0 aliphatic rings. The first-order chi connectivity index (χ1) is 14.0. The van der Waals surface area contributed by atoms with Gasteiger partial charge < -0.3 is 24.3 Å². The first kappa shape index (κ1) is 22.1. The van der Waals surface area contributed by atoms with Crippen molar-refractivity contribution in [1.29, 1.82) is 0 Å². The second kappa shape index (κ2) is 10.9. The lowest BCUT2D eigenvalue weighted by Crippen LogP contribution is -2.21. The summed E-state index contributed by atoms with van der Waals surface area (Å²) in [5, 5.41) is 2.71. The molecule has 1 amide bonds. The average Bonchev–Trinajstić information content (AvgIpc) is 2.75. The molecule has 156 valence electrons. The fourth-order valence-corrected chi connectivity index (χ4v) is 2.73. The monoisotopic (exact) mass is 401 g/mol. The molecule has 1 N–H and O–H groups in total. The summed E-state index contributed by atoms with van der Waals surface area (Å²) in [4.78, 5) is 24.5. The summed E-state index contributed by atoms with van der Waals surface area (Å²) in [6.07, 6.45) is 3.27. The molecule has 0 bridgehead atoms. The Morgan fingerprint density at radius 2 is 1.52 bits per heavy atom. The molecule has 2 rings (SSSR count). The number of carbonyl (C=O) groups excluding carboxylic acids is 2. The first-order valence-corrected chi connectivity index (χ1v) is 9.38. The first-order valence-electron chi connectivity index (χ1n) is 9.38. The minimum Gasteiger partial charge on any atom is -0.496 e. The predicted molar refractivity (Wildman–Crippen MR) is 110 cm³/mol. The van der Waals surface area contributed by atoms with Crippen LogP contribution in [0.15, 0.2) is 36.4 Å². The number of hydrogen-bond donors (Lipinski definition) is 1. The molecular formula is C22H27NO6. The average molecular weight is 401 g/mol. The molecule has 29 heavy (non-hydrogen) atoms. The third-order valence-electron chi connectivity index (χ3n) is 4.32. The molecule has 0 aromatic heterocycles. The van der Waals surface area contributed by atoms with Crippen LogP contribution in [0.4, 0.5) is 5.69 Å². The van der Waals surface area contributed by atoms with Crippen molar-refractivity contribution in [2.24, 2.45) is 0 Å². The van der Waals surface area contributed by atoms with Gasteiger partial charge in [-0.15, -0.1) is 0 Å². The molecule has 0 saturated carbocycles. The van der Waals surface area contributed by atoms with Gasteiger partial charge in [0, 0.05) is 17.8 Å². The summed E-state index contributed by atoms with van der Waals surface area (Å²) in [6, 6.07) is 10.6. The van der Waals surface area contributed by atoms with Crippen LogP contribution >= 0.6 is 0 Å². The number of amides is 1. The Labute approximate surface area is 170 Å². The van der Waals surface area contributed by atoms with Gasteiger partial charge in [-0.25, -0.2) is 4.79 Å². The zero-order valence-corrected chi connectivity index (χ0v) is 17.2. The Morgan fingerprint density at radius 1 is 0.897 bits per heavy atom. The number of ether oxygens (including phenoxy) is 4. The molecule has 2 aromatic rings. The highest BCUT2D eigenvalue weighted by Crippen LogP contribution is 2.34. The Bertz CT molecular complexity index is 832. The smallest absolute Gasteiger partial charge is 0.342 e. The predicted octanol–water partition coefficient (Wildman–Crippen LogP) is 3.85. The molecule has 2 aromatic carbocycles. The number of rotatable bonds is 10. The van der Waals surface area contributed by atoms with Crippen LogP contribution in [0.3, 0.4) is 0 Å². The Morgan fingerprint density at radius 3 is 2.10 bits per heavy atom. The molecule has 7 heteroatoms. The van der Waals surface area contributed by atoms with Gasteiger partial charge in [-0.05, 0) is 30.5 Å². The van der Waals surface area contributed by atoms with E-state index in [0.717, 1.165) is 19.3 Å². The van der Waals surface area contributed by atoms with E-state index in [1.165, 1.54) is 39.0 Å². The fourth-order valence-electron chi connectivity index (χ4n) is 2.73. The minimum atomic E-state index is -0.701. The molecule has 0 radical (unpaired) electrons. The van der Waals surface area contributed by atoms with Crippen LogP contribution in [0.25, 0.3) is 0 Å². The van der Waals surface area contributed by atoms with E-state index in [0.29, 0.717) is 17.2 Å². The van der Waals surface area contributed by atoms with Crippen LogP contribution in [-0.4, -0.2) is 39.8 Å². The zero-order chi connectivity index (χ0) is 21.2. The molecule has 0 aliphatic heterocycles. The number of aryl methyl sites for hydroxylation is 1. The second-order valence-electron chi connectivity index (χ2n) is 6.33. The van der Waals surface area contributed by atoms with Gasteiger partial charge in [0.1, 0.15) is 11.3 Å². The van der Waals surface area contributed by atoms with Crippen molar-refractivity contribution in [3.63, 3.8) is 0 Å². The fraction of sp³-hybridized carbons (Fsp3) is 0.364. The van der Waals surface area contributed by atoms with Gasteiger partial charge in [0.2, 0.25) is 0 Å². The number of carbonyl (C=O) groups is 2. The normalized spacial score (nSPS) is 10.2. The molecule has 7 nitrogen and oxygen atoms in total. The third-order valence-corrected chi connectivity index (χ3v) is 4.32. The van der Waals surface area contributed by atoms with Crippen molar-refractivity contribution in [2.45, 2.75) is 26.2 Å². The molecule has 0 saturated heterocycles. The zero-order valence-electron chi connectivity index (χ0n) is 17.2. The maximum absolute atomic E-state index is 12.4. The van der Waals surface area contributed by atoms with E-state index in [9.17, 15) is 9.59 Å². The Balaban J connectivity index is 1.97. The van der Waals surface area contributed by atoms with Crippen LogP contribution in [0, 0.1) is 0 Å². The van der Waals surface area contributed by atoms with Gasteiger partial charge in [-0.2, -0.15) is 0 Å². The topological polar surface area (TPSA) is 83.1 Å². The summed E-state index contributed by atoms with van der Waals surface area (Å²) in [5.41, 5.74) is 2.00. The third kappa shape index (κ3) is 6.14. The number of anilines is 1. The SMILES string of the molecule is CCCCc1ccc(NC(=O)COC(=O)c2cc(OC)c(OC)cc2OC)cc1. The van der Waals surface area contributed by atoms with Gasteiger partial charge >= 0.3 is 5.97 Å². The molecule has 0 fully saturated rings. The van der Waals surface area contributed by atoms with Gasteiger partial charge in [0.05, 0.1) is 21.3 Å². The van der Waals surface area contributed by atoms with Crippen LogP contribution in [-0.2, 0) is 16.0 Å². The van der Waals surface area contributed by atoms with Crippen LogP contribution < -0.4 is 19.5 Å². The van der Waals surface area contributed by atoms with E-state index in [1.807, 2.05) is 24.3 Å². The van der Waals surface area contributed by atoms with E-state index < -0.39 is 18.5 Å². The Hall–Kier alpha value is -3.22. The van der Waals surface area contributed by atoms with Crippen molar-refractivity contribution < 1.29 is 28.5 Å². The largest absolute Gasteiger partial charge is 0.496 e. The van der Waals surface area contributed by atoms with Crippen LogP contribution in [0.2, 0.25) is 0 Å². The molecule has 0 heterocycles. The minimum absolute atomic E-state index is 0.137. The number of nitrogens with one attached hydrogen (secondary N) is 1. The van der Waals surface area contributed by atoms with Crippen LogP contribution in [0.5, 0.6) is 17.2 Å². The highest BCUT2D eigenvalue weighted by Gasteiger charge is 2.20. The summed E-state index contributed by atoms with van der Waals surface area (Å²) < 4.78 is 20.7. The number of esters is 1. The Kier molecular flexibility index (Phi) is 8.33. The summed E-state index contributed by atoms with van der Waals surface area (Å²) in [6.45, 7) is 1.72. The van der Waals surface area contributed by atoms with E-state index in [1.54, 1.807) is 0 Å². The van der Waals surface area contributed by atoms with Crippen molar-refractivity contribution in [1.82, 2.24) is 0 Å². The van der Waals surface area contributed by atoms with Gasteiger partial charge in [-0.1, -0.05) is 25.5 Å². The lowest BCUT2D eigenvalue weighted by atomic mass is 10.1. The standard InChI is InChI=1S/C22H27NO6/c1-5-6-7-15-8-10-16(11-9-15)23-21(24)14-29-22(25)17-12-19(27-3)20(28-4)13-18(17)26-2/h8-13H,5-7,14H2,1-4H3,(H,23,24). The van der Waals surface area contributed by atoms with Crippen molar-refractivity contribution >= 4 is 17.6 Å². The maximum atomic E-state index is 12.4. The second-order valence-corrected chi connectivity index (χ2v) is 6.33. The lowest BCUT2D eigenvalue weighted by molar-refractivity contribution is -0.119. The molecule has 0 aliphatic carbocycles. The van der Waals surface area contributed by atoms with E-state index in [4.69, 9.17) is 18.9 Å². The highest BCUT2D eigenvalue weighted by atomic mass is 16.5. The van der Waals surface area contributed by atoms with Gasteiger partial charge in [0.15, 0.2) is 18.1 Å². The van der Waals surface area contributed by atoms with E-state index in [2.05, 4.69) is 12.2 Å². The maximum Gasteiger partial charge on any atom is 0.342 e. The van der Waals surface area contributed by atoms with Crippen molar-refractivity contribution in [3.8, 4) is 17.2 Å². The number of unbranched alkanes of at least 4 members (excludes halogenated alkanes) is 1. The van der Waals surface area contributed by atoms with Crippen molar-refractivity contribution in [2.75, 3.05) is 33.3 Å². The summed E-state index contributed by atoms with van der Waals surface area (Å²) in [5.74, 6) is -0.100. The number of benzene rings is 2. The van der Waals surface area contributed by atoms with Gasteiger partial charge in [-0.3, -0.25) is 4.79 Å². The van der Waals surface area contributed by atoms with Crippen molar-refractivity contribution in [3.05, 3.63) is 47.5 Å². The molecular weight excluding hydrogens is 374 g/mol. The van der Waals surface area contributed by atoms with E-state index >= 15 is 0 Å². The van der Waals surface area contributed by atoms with E-state index in [-0.39, 0.29) is 11.3 Å². The summed E-state index contributed by atoms with van der Waals surface area (Å²) >= 11 is 0. The lowest BCUT2D eigenvalue weighted by Gasteiger charge is -2.13.